The Balaban J connectivity index is 1.42. The highest BCUT2D eigenvalue weighted by Crippen LogP contribution is 2.30. The van der Waals surface area contributed by atoms with E-state index in [2.05, 4.69) is 15.6 Å². The molecule has 180 valence electrons. The Morgan fingerprint density at radius 3 is 2.43 bits per heavy atom. The van der Waals surface area contributed by atoms with Gasteiger partial charge in [0.15, 0.2) is 0 Å². The van der Waals surface area contributed by atoms with E-state index in [1.807, 2.05) is 54.6 Å². The summed E-state index contributed by atoms with van der Waals surface area (Å²) in [6.45, 7) is 0.257. The molecule has 0 saturated carbocycles. The fraction of sp³-hybridized carbons (Fsp3) is 0.160. The summed E-state index contributed by atoms with van der Waals surface area (Å²) in [6, 6.07) is 21.2. The lowest BCUT2D eigenvalue weighted by atomic mass is 10.0. The van der Waals surface area contributed by atoms with Crippen LogP contribution in [0, 0.1) is 0 Å². The smallest absolute Gasteiger partial charge is 0.416 e. The highest BCUT2D eigenvalue weighted by atomic mass is 19.4. The van der Waals surface area contributed by atoms with E-state index < -0.39 is 17.8 Å². The first-order valence-corrected chi connectivity index (χ1v) is 10.7. The molecule has 0 unspecified atom stereocenters. The summed E-state index contributed by atoms with van der Waals surface area (Å²) in [5, 5.41) is 18.3. The van der Waals surface area contributed by atoms with Crippen molar-refractivity contribution < 1.29 is 27.5 Å². The standard InChI is InChI=1S/C25H22F3N5O2/c26-25(27,28)20-7-4-8-21(14-20)30-24(34)31-23-16-33(32-35-23)22(15-29)13-17-9-11-19(12-10-17)18-5-2-1-3-6-18/h1-12,14,16,22H,13,15,29H2,(H-,30,31,32,34)/t22-/m0/s1. The zero-order chi connectivity index (χ0) is 24.8. The third-order valence-corrected chi connectivity index (χ3v) is 5.30. The lowest BCUT2D eigenvalue weighted by molar-refractivity contribution is -0.782. The number of aliphatic imine (C=N–C) groups is 1. The van der Waals surface area contributed by atoms with Crippen LogP contribution < -0.4 is 20.8 Å². The van der Waals surface area contributed by atoms with Crippen LogP contribution in [-0.4, -0.2) is 17.8 Å². The number of aromatic nitrogens is 2. The van der Waals surface area contributed by atoms with Crippen LogP contribution in [0.25, 0.3) is 11.1 Å². The van der Waals surface area contributed by atoms with Crippen molar-refractivity contribution in [2.75, 3.05) is 11.9 Å². The molecule has 35 heavy (non-hydrogen) atoms. The normalized spacial score (nSPS) is 13.0. The van der Waals surface area contributed by atoms with Crippen LogP contribution in [0.5, 0.6) is 0 Å². The molecule has 7 nitrogen and oxygen atoms in total. The summed E-state index contributed by atoms with van der Waals surface area (Å²) in [5.74, 6) is -0.104. The van der Waals surface area contributed by atoms with Gasteiger partial charge >= 0.3 is 12.1 Å². The predicted octanol–water partition coefficient (Wildman–Crippen LogP) is 3.85. The van der Waals surface area contributed by atoms with Gasteiger partial charge in [-0.2, -0.15) is 13.2 Å². The molecule has 0 fully saturated rings. The Bertz CT molecular complexity index is 1290. The van der Waals surface area contributed by atoms with Crippen molar-refractivity contribution in [2.24, 2.45) is 10.7 Å². The Kier molecular flexibility index (Phi) is 7.11. The molecule has 0 aliphatic heterocycles. The zero-order valence-corrected chi connectivity index (χ0v) is 18.4. The molecule has 4 rings (SSSR count). The molecule has 3 N–H and O–H groups in total. The second-order valence-electron chi connectivity index (χ2n) is 7.80. The predicted molar refractivity (Wildman–Crippen MR) is 123 cm³/mol. The van der Waals surface area contributed by atoms with Gasteiger partial charge in [-0.3, -0.25) is 4.52 Å². The van der Waals surface area contributed by atoms with E-state index in [9.17, 15) is 18.3 Å². The van der Waals surface area contributed by atoms with Crippen molar-refractivity contribution in [1.29, 1.82) is 0 Å². The number of nitrogens with two attached hydrogens (primary N) is 1. The minimum Gasteiger partial charge on any atom is -0.846 e. The molecule has 3 aromatic carbocycles. The highest BCUT2D eigenvalue weighted by Gasteiger charge is 2.30. The second kappa shape index (κ2) is 10.4. The molecule has 10 heteroatoms. The van der Waals surface area contributed by atoms with E-state index in [4.69, 9.17) is 10.3 Å². The number of alkyl halides is 3. The first-order chi connectivity index (χ1) is 16.8. The first-order valence-electron chi connectivity index (χ1n) is 10.7. The number of benzene rings is 3. The third-order valence-electron chi connectivity index (χ3n) is 5.30. The molecule has 4 aromatic rings. The van der Waals surface area contributed by atoms with E-state index >= 15 is 0 Å². The van der Waals surface area contributed by atoms with Gasteiger partial charge < -0.3 is 16.2 Å². The van der Waals surface area contributed by atoms with E-state index in [0.29, 0.717) is 6.42 Å². The van der Waals surface area contributed by atoms with Gasteiger partial charge in [-0.25, -0.2) is 4.99 Å². The molecule has 0 radical (unpaired) electrons. The van der Waals surface area contributed by atoms with Gasteiger partial charge in [0, 0.05) is 12.1 Å². The summed E-state index contributed by atoms with van der Waals surface area (Å²) in [4.78, 5) is 3.71. The Morgan fingerprint density at radius 2 is 1.74 bits per heavy atom. The maximum absolute atomic E-state index is 12.8. The topological polar surface area (TPSA) is 103 Å². The average Bonchev–Trinajstić information content (AvgIpc) is 3.31. The van der Waals surface area contributed by atoms with Crippen LogP contribution in [0.4, 0.5) is 24.7 Å². The summed E-state index contributed by atoms with van der Waals surface area (Å²) in [7, 11) is 0. The van der Waals surface area contributed by atoms with Gasteiger partial charge in [0.1, 0.15) is 0 Å². The summed E-state index contributed by atoms with van der Waals surface area (Å²) in [6.07, 6.45) is -2.53. The number of rotatable bonds is 7. The molecule has 0 aliphatic carbocycles. The van der Waals surface area contributed by atoms with Crippen molar-refractivity contribution >= 4 is 17.6 Å². The van der Waals surface area contributed by atoms with Crippen LogP contribution in [0.1, 0.15) is 17.2 Å². The van der Waals surface area contributed by atoms with E-state index in [-0.39, 0.29) is 24.2 Å². The quantitative estimate of drug-likeness (QED) is 0.237. The number of halogens is 3. The van der Waals surface area contributed by atoms with Crippen LogP contribution in [0.15, 0.2) is 94.6 Å². The molecule has 0 aliphatic rings. The lowest BCUT2D eigenvalue weighted by Gasteiger charge is -2.14. The Labute approximate surface area is 199 Å². The summed E-state index contributed by atoms with van der Waals surface area (Å²) < 4.78 is 45.1. The molecular formula is C25H22F3N5O2. The number of hydrogen-bond donors (Lipinski definition) is 2. The highest BCUT2D eigenvalue weighted by molar-refractivity contribution is 5.87. The minimum absolute atomic E-state index is 0.0419. The maximum atomic E-state index is 12.8. The maximum Gasteiger partial charge on any atom is 0.416 e. The molecule has 0 spiro atoms. The largest absolute Gasteiger partial charge is 0.846 e. The fourth-order valence-corrected chi connectivity index (χ4v) is 3.52. The molecule has 1 aromatic heterocycles. The molecular weight excluding hydrogens is 459 g/mol. The molecule has 1 atom stereocenters. The number of nitrogens with zero attached hydrogens (tertiary/aromatic N) is 3. The van der Waals surface area contributed by atoms with Crippen molar-refractivity contribution in [3.63, 3.8) is 0 Å². The molecule has 0 saturated heterocycles. The number of nitrogens with one attached hydrogen (secondary N) is 1. The van der Waals surface area contributed by atoms with Crippen molar-refractivity contribution in [1.82, 2.24) is 5.27 Å². The monoisotopic (exact) mass is 481 g/mol. The van der Waals surface area contributed by atoms with Crippen LogP contribution in [-0.2, 0) is 12.6 Å². The van der Waals surface area contributed by atoms with Crippen molar-refractivity contribution in [3.8, 4) is 11.1 Å². The summed E-state index contributed by atoms with van der Waals surface area (Å²) in [5.41, 5.74) is 8.27. The van der Waals surface area contributed by atoms with Crippen molar-refractivity contribution in [2.45, 2.75) is 18.6 Å². The second-order valence-corrected chi connectivity index (χ2v) is 7.80. The third kappa shape index (κ3) is 6.24. The minimum atomic E-state index is -4.52. The molecule has 1 heterocycles. The Hall–Kier alpha value is -4.18. The van der Waals surface area contributed by atoms with Gasteiger partial charge in [-0.05, 0) is 39.6 Å². The number of hydrogen-bond acceptors (Lipinski definition) is 5. The number of anilines is 1. The zero-order valence-electron chi connectivity index (χ0n) is 18.4. The van der Waals surface area contributed by atoms with E-state index in [0.717, 1.165) is 28.8 Å². The van der Waals surface area contributed by atoms with E-state index in [1.54, 1.807) is 0 Å². The van der Waals surface area contributed by atoms with Gasteiger partial charge in [0.25, 0.3) is 6.20 Å². The lowest BCUT2D eigenvalue weighted by Crippen LogP contribution is -2.45. The number of amidine groups is 1. The molecule has 0 bridgehead atoms. The van der Waals surface area contributed by atoms with Crippen LogP contribution in [0.3, 0.4) is 0 Å². The van der Waals surface area contributed by atoms with Gasteiger partial charge in [-0.1, -0.05) is 60.7 Å². The van der Waals surface area contributed by atoms with Gasteiger partial charge in [-0.15, -0.1) is 0 Å². The van der Waals surface area contributed by atoms with Crippen LogP contribution >= 0.6 is 0 Å². The van der Waals surface area contributed by atoms with Crippen molar-refractivity contribution in [3.05, 3.63) is 96.2 Å². The van der Waals surface area contributed by atoms with Gasteiger partial charge in [0.2, 0.25) is 11.3 Å². The van der Waals surface area contributed by atoms with Crippen LogP contribution in [0.2, 0.25) is 0 Å². The Morgan fingerprint density at radius 1 is 1.03 bits per heavy atom. The van der Waals surface area contributed by atoms with Gasteiger partial charge in [0.05, 0.1) is 18.1 Å². The first kappa shape index (κ1) is 24.0. The van der Waals surface area contributed by atoms with E-state index in [1.165, 1.54) is 23.0 Å². The SMILES string of the molecule is NC[C@H](Cc1ccc(-c2ccccc2)cc1)[n+]1cc(/N=C(\[O-])Nc2cccc(C(F)(F)F)c2)on1. The fourth-order valence-electron chi connectivity index (χ4n) is 3.52. The molecule has 0 amide bonds. The average molecular weight is 481 g/mol. The summed E-state index contributed by atoms with van der Waals surface area (Å²) >= 11 is 0.